The zero-order valence-electron chi connectivity index (χ0n) is 20.8. The largest absolute Gasteiger partial charge is 0.495 e. The molecule has 9 heteroatoms. The molecule has 4 aromatic rings. The zero-order chi connectivity index (χ0) is 26.9. The molecule has 0 aliphatic rings. The summed E-state index contributed by atoms with van der Waals surface area (Å²) < 4.78 is 16.3. The van der Waals surface area contributed by atoms with Gasteiger partial charge >= 0.3 is 17.8 Å². The SMILES string of the molecule is CCOc1ccc(C(=O)Oc2ccc3ccccc3c2/C=N/NC(=O)C(=O)Nc2ccccc2OC)cc1. The number of benzene rings is 4. The molecule has 4 rings (SSSR count). The lowest BCUT2D eigenvalue weighted by Gasteiger charge is -2.11. The Hall–Kier alpha value is -5.18. The topological polar surface area (TPSA) is 115 Å². The average Bonchev–Trinajstić information content (AvgIpc) is 2.94. The van der Waals surface area contributed by atoms with Crippen molar-refractivity contribution < 1.29 is 28.6 Å². The van der Waals surface area contributed by atoms with Crippen molar-refractivity contribution in [1.29, 1.82) is 0 Å². The number of anilines is 1. The van der Waals surface area contributed by atoms with Crippen LogP contribution in [0.25, 0.3) is 10.8 Å². The van der Waals surface area contributed by atoms with Crippen molar-refractivity contribution in [3.05, 3.63) is 96.1 Å². The van der Waals surface area contributed by atoms with Crippen molar-refractivity contribution in [3.8, 4) is 17.2 Å². The molecule has 38 heavy (non-hydrogen) atoms. The first-order valence-electron chi connectivity index (χ1n) is 11.7. The Morgan fingerprint density at radius 2 is 1.58 bits per heavy atom. The molecule has 0 aliphatic heterocycles. The van der Waals surface area contributed by atoms with Gasteiger partial charge in [-0.2, -0.15) is 5.10 Å². The van der Waals surface area contributed by atoms with Crippen molar-refractivity contribution in [3.63, 3.8) is 0 Å². The quantitative estimate of drug-likeness (QED) is 0.118. The summed E-state index contributed by atoms with van der Waals surface area (Å²) in [7, 11) is 1.46. The molecular formula is C29H25N3O6. The fourth-order valence-electron chi connectivity index (χ4n) is 3.64. The molecule has 0 aromatic heterocycles. The molecule has 4 aromatic carbocycles. The number of ether oxygens (including phenoxy) is 3. The summed E-state index contributed by atoms with van der Waals surface area (Å²) in [6, 6.07) is 24.2. The average molecular weight is 512 g/mol. The maximum Gasteiger partial charge on any atom is 0.343 e. The number of hydrogen-bond donors (Lipinski definition) is 2. The highest BCUT2D eigenvalue weighted by Crippen LogP contribution is 2.28. The van der Waals surface area contributed by atoms with Gasteiger partial charge in [0.2, 0.25) is 0 Å². The lowest BCUT2D eigenvalue weighted by atomic mass is 10.0. The minimum atomic E-state index is -0.986. The van der Waals surface area contributed by atoms with Crippen molar-refractivity contribution in [2.75, 3.05) is 19.0 Å². The standard InChI is InChI=1S/C29H25N3O6/c1-3-37-21-15-12-20(13-16-21)29(35)38-25-17-14-19-8-4-5-9-22(19)23(25)18-30-32-28(34)27(33)31-24-10-6-7-11-26(24)36-2/h4-18H,3H2,1-2H3,(H,31,33)(H,32,34)/b30-18+. The second kappa shape index (κ2) is 12.2. The molecule has 192 valence electrons. The molecule has 0 aliphatic carbocycles. The molecule has 0 saturated heterocycles. The number of nitrogens with zero attached hydrogens (tertiary/aromatic N) is 1. The fraction of sp³-hybridized carbons (Fsp3) is 0.103. The van der Waals surface area contributed by atoms with E-state index in [4.69, 9.17) is 14.2 Å². The van der Waals surface area contributed by atoms with Crippen LogP contribution in [-0.4, -0.2) is 37.7 Å². The molecule has 0 saturated carbocycles. The smallest absolute Gasteiger partial charge is 0.343 e. The molecule has 0 bridgehead atoms. The Balaban J connectivity index is 1.52. The number of para-hydroxylation sites is 2. The van der Waals surface area contributed by atoms with Crippen LogP contribution in [0.4, 0.5) is 5.69 Å². The lowest BCUT2D eigenvalue weighted by molar-refractivity contribution is -0.136. The van der Waals surface area contributed by atoms with Crippen molar-refractivity contribution in [2.45, 2.75) is 6.92 Å². The van der Waals surface area contributed by atoms with E-state index in [0.29, 0.717) is 34.9 Å². The van der Waals surface area contributed by atoms with Crippen LogP contribution in [0.3, 0.4) is 0 Å². The molecule has 0 radical (unpaired) electrons. The van der Waals surface area contributed by atoms with Gasteiger partial charge in [0, 0.05) is 5.56 Å². The predicted octanol–water partition coefficient (Wildman–Crippen LogP) is 4.56. The van der Waals surface area contributed by atoms with E-state index in [1.54, 1.807) is 54.6 Å². The summed E-state index contributed by atoms with van der Waals surface area (Å²) in [6.07, 6.45) is 1.33. The summed E-state index contributed by atoms with van der Waals surface area (Å²) in [6.45, 7) is 2.39. The molecular weight excluding hydrogens is 486 g/mol. The molecule has 9 nitrogen and oxygen atoms in total. The van der Waals surface area contributed by atoms with Crippen molar-refractivity contribution >= 4 is 40.5 Å². The Morgan fingerprint density at radius 3 is 2.34 bits per heavy atom. The van der Waals surface area contributed by atoms with Gasteiger partial charge in [-0.15, -0.1) is 0 Å². The number of nitrogens with one attached hydrogen (secondary N) is 2. The van der Waals surface area contributed by atoms with E-state index in [0.717, 1.165) is 10.8 Å². The number of carbonyl (C=O) groups is 3. The van der Waals surface area contributed by atoms with E-state index in [2.05, 4.69) is 15.8 Å². The lowest BCUT2D eigenvalue weighted by Crippen LogP contribution is -2.32. The number of carbonyl (C=O) groups excluding carboxylic acids is 3. The van der Waals surface area contributed by atoms with E-state index < -0.39 is 17.8 Å². The third kappa shape index (κ3) is 6.14. The fourth-order valence-corrected chi connectivity index (χ4v) is 3.64. The maximum atomic E-state index is 12.8. The summed E-state index contributed by atoms with van der Waals surface area (Å²) in [5.41, 5.74) is 3.34. The van der Waals surface area contributed by atoms with Gasteiger partial charge in [0.15, 0.2) is 0 Å². The molecule has 0 spiro atoms. The summed E-state index contributed by atoms with van der Waals surface area (Å²) in [4.78, 5) is 37.5. The first kappa shape index (κ1) is 25.9. The molecule has 0 atom stereocenters. The van der Waals surface area contributed by atoms with Gasteiger partial charge in [0.1, 0.15) is 17.2 Å². The van der Waals surface area contributed by atoms with Crippen LogP contribution in [0.1, 0.15) is 22.8 Å². The van der Waals surface area contributed by atoms with Crippen molar-refractivity contribution in [2.24, 2.45) is 5.10 Å². The Labute approximate surface area is 219 Å². The van der Waals surface area contributed by atoms with Gasteiger partial charge in [0.05, 0.1) is 31.2 Å². The summed E-state index contributed by atoms with van der Waals surface area (Å²) >= 11 is 0. The summed E-state index contributed by atoms with van der Waals surface area (Å²) in [5.74, 6) is -1.19. The van der Waals surface area contributed by atoms with Gasteiger partial charge in [-0.1, -0.05) is 42.5 Å². The second-order valence-corrected chi connectivity index (χ2v) is 7.90. The normalized spacial score (nSPS) is 10.7. The number of hydrazone groups is 1. The number of methoxy groups -OCH3 is 1. The molecule has 0 fully saturated rings. The highest BCUT2D eigenvalue weighted by molar-refractivity contribution is 6.39. The molecule has 0 heterocycles. The summed E-state index contributed by atoms with van der Waals surface area (Å²) in [5, 5.41) is 8.03. The third-order valence-electron chi connectivity index (χ3n) is 5.46. The van der Waals surface area contributed by atoms with E-state index >= 15 is 0 Å². The Morgan fingerprint density at radius 1 is 0.842 bits per heavy atom. The Kier molecular flexibility index (Phi) is 8.30. The zero-order valence-corrected chi connectivity index (χ0v) is 20.8. The predicted molar refractivity (Wildman–Crippen MR) is 144 cm³/mol. The monoisotopic (exact) mass is 511 g/mol. The van der Waals surface area contributed by atoms with E-state index in [1.807, 2.05) is 37.3 Å². The first-order valence-corrected chi connectivity index (χ1v) is 11.7. The number of rotatable bonds is 8. The van der Waals surface area contributed by atoms with Gasteiger partial charge in [-0.3, -0.25) is 9.59 Å². The van der Waals surface area contributed by atoms with E-state index in [9.17, 15) is 14.4 Å². The molecule has 0 unspecified atom stereocenters. The van der Waals surface area contributed by atoms with Crippen LogP contribution < -0.4 is 25.0 Å². The van der Waals surface area contributed by atoms with E-state index in [-0.39, 0.29) is 5.75 Å². The van der Waals surface area contributed by atoms with Gasteiger partial charge in [0.25, 0.3) is 0 Å². The van der Waals surface area contributed by atoms with Crippen LogP contribution in [0, 0.1) is 0 Å². The minimum Gasteiger partial charge on any atom is -0.495 e. The van der Waals surface area contributed by atoms with Crippen LogP contribution in [0.5, 0.6) is 17.2 Å². The van der Waals surface area contributed by atoms with Crippen molar-refractivity contribution in [1.82, 2.24) is 5.43 Å². The van der Waals surface area contributed by atoms with Crippen LogP contribution in [0.15, 0.2) is 90.0 Å². The third-order valence-corrected chi connectivity index (χ3v) is 5.46. The number of amides is 2. The van der Waals surface area contributed by atoms with Gasteiger partial charge in [-0.05, 0) is 60.2 Å². The number of fused-ring (bicyclic) bond motifs is 1. The van der Waals surface area contributed by atoms with Crippen LogP contribution in [-0.2, 0) is 9.59 Å². The number of hydrogen-bond acceptors (Lipinski definition) is 7. The van der Waals surface area contributed by atoms with Gasteiger partial charge < -0.3 is 19.5 Å². The highest BCUT2D eigenvalue weighted by Gasteiger charge is 2.16. The second-order valence-electron chi connectivity index (χ2n) is 7.90. The minimum absolute atomic E-state index is 0.235. The van der Waals surface area contributed by atoms with E-state index in [1.165, 1.54) is 13.3 Å². The first-order chi connectivity index (χ1) is 18.5. The Bertz CT molecular complexity index is 1500. The van der Waals surface area contributed by atoms with Crippen LogP contribution in [0.2, 0.25) is 0 Å². The molecule has 2 amide bonds. The molecule has 2 N–H and O–H groups in total. The number of esters is 1. The maximum absolute atomic E-state index is 12.8. The van der Waals surface area contributed by atoms with Crippen LogP contribution >= 0.6 is 0 Å². The highest BCUT2D eigenvalue weighted by atomic mass is 16.5. The van der Waals surface area contributed by atoms with Gasteiger partial charge in [-0.25, -0.2) is 10.2 Å².